The van der Waals surface area contributed by atoms with Gasteiger partial charge >= 0.3 is 0 Å². The van der Waals surface area contributed by atoms with E-state index in [0.717, 1.165) is 6.54 Å². The van der Waals surface area contributed by atoms with Crippen LogP contribution in [0.1, 0.15) is 12.5 Å². The van der Waals surface area contributed by atoms with E-state index in [9.17, 15) is 4.79 Å². The molecule has 0 heterocycles. The Balaban J connectivity index is 0.00000289. The summed E-state index contributed by atoms with van der Waals surface area (Å²) in [6.45, 7) is 6.34. The van der Waals surface area contributed by atoms with E-state index in [-0.39, 0.29) is 24.5 Å². The Kier molecular flexibility index (Phi) is 6.66. The summed E-state index contributed by atoms with van der Waals surface area (Å²) in [4.78, 5) is 11.3. The summed E-state index contributed by atoms with van der Waals surface area (Å²) in [6.07, 6.45) is 1.35. The standard InChI is InChI=1S/C14H20N2O.ClH/c1-5-14(17)15-12(2)16(3,4)11-13-9-7-6-8-10-13;/h5-10,12H,1,11H2,2-4H3;1H. The molecular formula is C14H21ClN2O. The molecule has 1 amide bonds. The van der Waals surface area contributed by atoms with Crippen molar-refractivity contribution < 1.29 is 21.7 Å². The van der Waals surface area contributed by atoms with Crippen molar-refractivity contribution in [3.8, 4) is 0 Å². The normalized spacial score (nSPS) is 12.2. The van der Waals surface area contributed by atoms with Gasteiger partial charge in [-0.2, -0.15) is 0 Å². The number of amides is 1. The Labute approximate surface area is 115 Å². The van der Waals surface area contributed by atoms with Crippen LogP contribution in [0.3, 0.4) is 0 Å². The van der Waals surface area contributed by atoms with E-state index in [4.69, 9.17) is 0 Å². The van der Waals surface area contributed by atoms with Crippen molar-refractivity contribution in [1.82, 2.24) is 5.32 Å². The third kappa shape index (κ3) is 4.90. The van der Waals surface area contributed by atoms with Crippen LogP contribution >= 0.6 is 0 Å². The summed E-state index contributed by atoms with van der Waals surface area (Å²) in [6, 6.07) is 10.3. The number of halogens is 1. The van der Waals surface area contributed by atoms with E-state index in [1.165, 1.54) is 11.6 Å². The summed E-state index contributed by atoms with van der Waals surface area (Å²) in [7, 11) is 4.20. The molecule has 0 radical (unpaired) electrons. The van der Waals surface area contributed by atoms with E-state index in [1.54, 1.807) is 0 Å². The quantitative estimate of drug-likeness (QED) is 0.411. The van der Waals surface area contributed by atoms with Crippen LogP contribution in [0.15, 0.2) is 43.0 Å². The van der Waals surface area contributed by atoms with Gasteiger partial charge in [-0.3, -0.25) is 4.79 Å². The first kappa shape index (κ1) is 16.7. The summed E-state index contributed by atoms with van der Waals surface area (Å²) >= 11 is 0. The second-order valence-electron chi connectivity index (χ2n) is 4.81. The second-order valence-corrected chi connectivity index (χ2v) is 4.81. The Bertz CT molecular complexity index is 390. The minimum Gasteiger partial charge on any atom is -1.00 e. The third-order valence-corrected chi connectivity index (χ3v) is 3.02. The first-order chi connectivity index (χ1) is 7.95. The van der Waals surface area contributed by atoms with Gasteiger partial charge in [-0.1, -0.05) is 36.9 Å². The minimum atomic E-state index is -0.128. The summed E-state index contributed by atoms with van der Waals surface area (Å²) < 4.78 is 0.698. The van der Waals surface area contributed by atoms with Crippen molar-refractivity contribution in [3.05, 3.63) is 48.6 Å². The van der Waals surface area contributed by atoms with Crippen LogP contribution in [0, 0.1) is 0 Å². The molecule has 0 spiro atoms. The fourth-order valence-corrected chi connectivity index (χ4v) is 1.63. The maximum Gasteiger partial charge on any atom is 0.247 e. The Morgan fingerprint density at radius 2 is 1.94 bits per heavy atom. The van der Waals surface area contributed by atoms with Crippen LogP contribution in [0.4, 0.5) is 0 Å². The number of hydrogen-bond acceptors (Lipinski definition) is 1. The molecule has 0 aliphatic carbocycles. The maximum absolute atomic E-state index is 11.3. The van der Waals surface area contributed by atoms with Crippen molar-refractivity contribution in [2.45, 2.75) is 19.6 Å². The lowest BCUT2D eigenvalue weighted by atomic mass is 10.2. The largest absolute Gasteiger partial charge is 1.00 e. The van der Waals surface area contributed by atoms with Gasteiger partial charge in [0.15, 0.2) is 6.17 Å². The first-order valence-electron chi connectivity index (χ1n) is 5.75. The predicted octanol–water partition coefficient (Wildman–Crippen LogP) is -1.08. The van der Waals surface area contributed by atoms with Crippen LogP contribution < -0.4 is 17.7 Å². The van der Waals surface area contributed by atoms with Gasteiger partial charge in [0.2, 0.25) is 5.91 Å². The molecule has 1 unspecified atom stereocenters. The fraction of sp³-hybridized carbons (Fsp3) is 0.357. The summed E-state index contributed by atoms with van der Waals surface area (Å²) in [5.74, 6) is -0.128. The van der Waals surface area contributed by atoms with Crippen LogP contribution in [0.2, 0.25) is 0 Å². The van der Waals surface area contributed by atoms with Crippen LogP contribution in [0.25, 0.3) is 0 Å². The van der Waals surface area contributed by atoms with Gasteiger partial charge in [0, 0.05) is 12.5 Å². The van der Waals surface area contributed by atoms with E-state index >= 15 is 0 Å². The molecule has 3 nitrogen and oxygen atoms in total. The zero-order valence-corrected chi connectivity index (χ0v) is 11.9. The molecule has 1 aromatic carbocycles. The monoisotopic (exact) mass is 268 g/mol. The number of quaternary nitrogens is 1. The zero-order chi connectivity index (χ0) is 12.9. The molecule has 100 valence electrons. The molecular weight excluding hydrogens is 248 g/mol. The van der Waals surface area contributed by atoms with Gasteiger partial charge in [-0.15, -0.1) is 0 Å². The highest BCUT2D eigenvalue weighted by Crippen LogP contribution is 2.12. The highest BCUT2D eigenvalue weighted by molar-refractivity contribution is 5.86. The lowest BCUT2D eigenvalue weighted by Crippen LogP contribution is -3.00. The zero-order valence-electron chi connectivity index (χ0n) is 11.2. The number of carbonyl (C=O) groups is 1. The summed E-state index contributed by atoms with van der Waals surface area (Å²) in [5.41, 5.74) is 1.26. The highest BCUT2D eigenvalue weighted by Gasteiger charge is 2.24. The molecule has 18 heavy (non-hydrogen) atoms. The molecule has 1 rings (SSSR count). The average molecular weight is 269 g/mol. The molecule has 0 aliphatic heterocycles. The van der Waals surface area contributed by atoms with Crippen molar-refractivity contribution in [2.75, 3.05) is 14.1 Å². The van der Waals surface area contributed by atoms with Gasteiger partial charge < -0.3 is 22.2 Å². The first-order valence-corrected chi connectivity index (χ1v) is 5.75. The molecule has 0 aromatic heterocycles. The number of benzene rings is 1. The second kappa shape index (κ2) is 7.19. The van der Waals surface area contributed by atoms with E-state index in [1.807, 2.05) is 25.1 Å². The molecule has 1 atom stereocenters. The van der Waals surface area contributed by atoms with E-state index < -0.39 is 0 Å². The lowest BCUT2D eigenvalue weighted by molar-refractivity contribution is -0.928. The van der Waals surface area contributed by atoms with Gasteiger partial charge in [0.1, 0.15) is 6.54 Å². The Morgan fingerprint density at radius 3 is 2.44 bits per heavy atom. The van der Waals surface area contributed by atoms with Crippen LogP contribution in [-0.2, 0) is 11.3 Å². The van der Waals surface area contributed by atoms with Crippen molar-refractivity contribution in [3.63, 3.8) is 0 Å². The number of rotatable bonds is 5. The maximum atomic E-state index is 11.3. The molecule has 0 saturated heterocycles. The average Bonchev–Trinajstić information content (AvgIpc) is 2.29. The highest BCUT2D eigenvalue weighted by atomic mass is 35.5. The van der Waals surface area contributed by atoms with E-state index in [2.05, 4.69) is 38.1 Å². The Hall–Kier alpha value is -1.32. The van der Waals surface area contributed by atoms with Crippen molar-refractivity contribution >= 4 is 5.91 Å². The van der Waals surface area contributed by atoms with Crippen LogP contribution in [-0.4, -0.2) is 30.7 Å². The molecule has 4 heteroatoms. The van der Waals surface area contributed by atoms with Crippen LogP contribution in [0.5, 0.6) is 0 Å². The topological polar surface area (TPSA) is 29.1 Å². The molecule has 1 N–H and O–H groups in total. The number of carbonyl (C=O) groups excluding carboxylic acids is 1. The smallest absolute Gasteiger partial charge is 0.247 e. The molecule has 0 fully saturated rings. The lowest BCUT2D eigenvalue weighted by Gasteiger charge is -2.36. The van der Waals surface area contributed by atoms with Gasteiger partial charge in [-0.05, 0) is 6.08 Å². The summed E-state index contributed by atoms with van der Waals surface area (Å²) in [5, 5.41) is 2.91. The molecule has 1 aromatic rings. The number of nitrogens with one attached hydrogen (secondary N) is 1. The predicted molar refractivity (Wildman–Crippen MR) is 70.1 cm³/mol. The van der Waals surface area contributed by atoms with Gasteiger partial charge in [0.25, 0.3) is 0 Å². The molecule has 0 bridgehead atoms. The molecule has 0 saturated carbocycles. The number of nitrogens with zero attached hydrogens (tertiary/aromatic N) is 1. The SMILES string of the molecule is C=CC(=O)NC(C)[N+](C)(C)Cc1ccccc1.[Cl-]. The van der Waals surface area contributed by atoms with Gasteiger partial charge in [0.05, 0.1) is 14.1 Å². The third-order valence-electron chi connectivity index (χ3n) is 3.02. The van der Waals surface area contributed by atoms with E-state index in [0.29, 0.717) is 4.48 Å². The van der Waals surface area contributed by atoms with Crippen molar-refractivity contribution in [2.24, 2.45) is 0 Å². The fourth-order valence-electron chi connectivity index (χ4n) is 1.63. The van der Waals surface area contributed by atoms with Crippen molar-refractivity contribution in [1.29, 1.82) is 0 Å². The number of hydrogen-bond donors (Lipinski definition) is 1. The minimum absolute atomic E-state index is 0. The van der Waals surface area contributed by atoms with Gasteiger partial charge in [-0.25, -0.2) is 0 Å². The molecule has 0 aliphatic rings. The Morgan fingerprint density at radius 1 is 1.39 bits per heavy atom.